The molecule has 9 heteroatoms. The number of ketones is 2. The highest BCUT2D eigenvalue weighted by atomic mass is 19.4. The van der Waals surface area contributed by atoms with Crippen LogP contribution in [0.15, 0.2) is 79.1 Å². The van der Waals surface area contributed by atoms with E-state index in [-0.39, 0.29) is 30.6 Å². The summed E-state index contributed by atoms with van der Waals surface area (Å²) in [6, 6.07) is 19.5. The minimum absolute atomic E-state index is 0.00233. The molecule has 0 saturated heterocycles. The highest BCUT2D eigenvalue weighted by Gasteiger charge is 2.30. The summed E-state index contributed by atoms with van der Waals surface area (Å²) in [6.45, 7) is 3.50. The van der Waals surface area contributed by atoms with Gasteiger partial charge in [0.05, 0.1) is 17.9 Å². The van der Waals surface area contributed by atoms with Crippen LogP contribution in [0, 0.1) is 6.92 Å². The first-order valence-corrected chi connectivity index (χ1v) is 14.4. The molecule has 0 aliphatic rings. The molecular formula is C35H36F3N3O3. The maximum atomic E-state index is 13.1. The number of benzene rings is 3. The maximum absolute atomic E-state index is 13.1. The normalized spacial score (nSPS) is 11.5. The molecule has 6 nitrogen and oxygen atoms in total. The first-order valence-electron chi connectivity index (χ1n) is 14.4. The van der Waals surface area contributed by atoms with Gasteiger partial charge in [-0.3, -0.25) is 9.59 Å². The number of aromatic nitrogens is 2. The third-order valence-corrected chi connectivity index (χ3v) is 7.16. The Labute approximate surface area is 255 Å². The number of aryl methyl sites for hydroxylation is 1. The second-order valence-corrected chi connectivity index (χ2v) is 11.2. The summed E-state index contributed by atoms with van der Waals surface area (Å²) in [5.74, 6) is 0.351. The molecule has 4 rings (SSSR count). The number of Topliss-reactive ketones (excluding diaryl/α,β-unsaturated/α-hetero) is 2. The third-order valence-electron chi connectivity index (χ3n) is 7.16. The summed E-state index contributed by atoms with van der Waals surface area (Å²) in [7, 11) is 4.07. The van der Waals surface area contributed by atoms with Gasteiger partial charge in [-0.2, -0.15) is 13.2 Å². The Bertz CT molecular complexity index is 1580. The van der Waals surface area contributed by atoms with E-state index in [9.17, 15) is 22.8 Å². The summed E-state index contributed by atoms with van der Waals surface area (Å²) < 4.78 is 45.0. The largest absolute Gasteiger partial charge is 0.494 e. The van der Waals surface area contributed by atoms with Crippen molar-refractivity contribution in [2.24, 2.45) is 0 Å². The van der Waals surface area contributed by atoms with E-state index in [1.165, 1.54) is 18.5 Å². The number of rotatable bonds is 14. The molecule has 0 saturated carbocycles. The Hall–Kier alpha value is -4.37. The van der Waals surface area contributed by atoms with Crippen LogP contribution in [0.2, 0.25) is 0 Å². The topological polar surface area (TPSA) is 72.4 Å². The summed E-state index contributed by atoms with van der Waals surface area (Å²) >= 11 is 0. The van der Waals surface area contributed by atoms with Crippen molar-refractivity contribution in [3.63, 3.8) is 0 Å². The maximum Gasteiger partial charge on any atom is 0.416 e. The number of hydrogen-bond donors (Lipinski definition) is 0. The van der Waals surface area contributed by atoms with E-state index in [0.29, 0.717) is 24.3 Å². The van der Waals surface area contributed by atoms with Crippen LogP contribution in [0.5, 0.6) is 5.75 Å². The van der Waals surface area contributed by atoms with Crippen LogP contribution in [-0.2, 0) is 36.7 Å². The molecule has 0 amide bonds. The molecular weight excluding hydrogens is 567 g/mol. The molecule has 0 aliphatic carbocycles. The monoisotopic (exact) mass is 603 g/mol. The fourth-order valence-corrected chi connectivity index (χ4v) is 4.78. The predicted molar refractivity (Wildman–Crippen MR) is 163 cm³/mol. The van der Waals surface area contributed by atoms with Crippen molar-refractivity contribution in [2.75, 3.05) is 27.2 Å². The first-order chi connectivity index (χ1) is 21.0. The SMILES string of the molecule is Cc1ccc(CC(=O)c2cccc(C(F)(F)F)c2)cc1CC(=O)Cc1cc(Cc2ccc(OCCCN(C)C)cc2)ncn1. The van der Waals surface area contributed by atoms with E-state index in [4.69, 9.17) is 4.74 Å². The fraction of sp³-hybridized carbons (Fsp3) is 0.314. The van der Waals surface area contributed by atoms with Gasteiger partial charge in [0.15, 0.2) is 5.78 Å². The Kier molecular flexibility index (Phi) is 11.0. The summed E-state index contributed by atoms with van der Waals surface area (Å²) in [5.41, 5.74) is 3.91. The van der Waals surface area contributed by atoms with Gasteiger partial charge in [0.2, 0.25) is 0 Å². The van der Waals surface area contributed by atoms with Gasteiger partial charge in [-0.25, -0.2) is 9.97 Å². The zero-order chi connectivity index (χ0) is 31.7. The highest BCUT2D eigenvalue weighted by Crippen LogP contribution is 2.30. The highest BCUT2D eigenvalue weighted by molar-refractivity contribution is 5.97. The number of halogens is 3. The second-order valence-electron chi connectivity index (χ2n) is 11.2. The van der Waals surface area contributed by atoms with Gasteiger partial charge >= 0.3 is 6.18 Å². The van der Waals surface area contributed by atoms with Crippen molar-refractivity contribution in [2.45, 2.75) is 45.2 Å². The third kappa shape index (κ3) is 9.84. The molecule has 0 aliphatic heterocycles. The van der Waals surface area contributed by atoms with Gasteiger partial charge in [-0.05, 0) is 80.0 Å². The minimum Gasteiger partial charge on any atom is -0.494 e. The molecule has 44 heavy (non-hydrogen) atoms. The van der Waals surface area contributed by atoms with Crippen molar-refractivity contribution in [1.29, 1.82) is 0 Å². The molecule has 1 aromatic heterocycles. The van der Waals surface area contributed by atoms with E-state index in [2.05, 4.69) is 14.9 Å². The van der Waals surface area contributed by atoms with E-state index in [1.807, 2.05) is 57.4 Å². The molecule has 3 aromatic carbocycles. The number of alkyl halides is 3. The van der Waals surface area contributed by atoms with Crippen molar-refractivity contribution < 1.29 is 27.5 Å². The minimum atomic E-state index is -4.52. The van der Waals surface area contributed by atoms with Crippen LogP contribution in [0.3, 0.4) is 0 Å². The molecule has 1 heterocycles. The molecule has 0 spiro atoms. The molecule has 230 valence electrons. The van der Waals surface area contributed by atoms with Crippen LogP contribution in [0.25, 0.3) is 0 Å². The molecule has 4 aromatic rings. The van der Waals surface area contributed by atoms with E-state index >= 15 is 0 Å². The quantitative estimate of drug-likeness (QED) is 0.121. The Balaban J connectivity index is 1.33. The molecule has 0 unspecified atom stereocenters. The fourth-order valence-electron chi connectivity index (χ4n) is 4.78. The summed E-state index contributed by atoms with van der Waals surface area (Å²) in [6.07, 6.45) is -1.32. The van der Waals surface area contributed by atoms with Gasteiger partial charge in [-0.1, -0.05) is 42.5 Å². The lowest BCUT2D eigenvalue weighted by molar-refractivity contribution is -0.137. The van der Waals surface area contributed by atoms with Crippen LogP contribution in [0.4, 0.5) is 13.2 Å². The van der Waals surface area contributed by atoms with Crippen LogP contribution >= 0.6 is 0 Å². The molecule has 0 N–H and O–H groups in total. The average Bonchev–Trinajstić information content (AvgIpc) is 2.97. The molecule has 0 atom stereocenters. The Morgan fingerprint density at radius 1 is 0.841 bits per heavy atom. The average molecular weight is 604 g/mol. The number of carbonyl (C=O) groups is 2. The van der Waals surface area contributed by atoms with Crippen molar-refractivity contribution in [3.8, 4) is 5.75 Å². The van der Waals surface area contributed by atoms with Gasteiger partial charge < -0.3 is 9.64 Å². The van der Waals surface area contributed by atoms with Gasteiger partial charge in [0.25, 0.3) is 0 Å². The van der Waals surface area contributed by atoms with Crippen molar-refractivity contribution in [1.82, 2.24) is 14.9 Å². The summed E-state index contributed by atoms with van der Waals surface area (Å²) in [4.78, 5) is 36.6. The standard InChI is InChI=1S/C35H36F3N3O3/c1-24-8-9-26(18-34(43)27-6-4-7-29(19-27)35(36,37)38)16-28(24)20-32(42)22-31-21-30(39-23-40-31)17-25-10-12-33(13-11-25)44-15-5-14-41(2)3/h4,6-13,16,19,21,23H,5,14-15,17-18,20,22H2,1-3H3. The Morgan fingerprint density at radius 2 is 1.57 bits per heavy atom. The van der Waals surface area contributed by atoms with E-state index in [1.54, 1.807) is 12.1 Å². The number of ether oxygens (including phenoxy) is 1. The van der Waals surface area contributed by atoms with Gasteiger partial charge in [0.1, 0.15) is 17.9 Å². The second kappa shape index (κ2) is 14.9. The van der Waals surface area contributed by atoms with Crippen LogP contribution < -0.4 is 4.74 Å². The zero-order valence-electron chi connectivity index (χ0n) is 25.2. The number of carbonyl (C=O) groups excluding carboxylic acids is 2. The lowest BCUT2D eigenvalue weighted by Gasteiger charge is -2.11. The van der Waals surface area contributed by atoms with Crippen molar-refractivity contribution in [3.05, 3.63) is 124 Å². The number of nitrogens with zero attached hydrogens (tertiary/aromatic N) is 3. The number of hydrogen-bond acceptors (Lipinski definition) is 6. The molecule has 0 fully saturated rings. The van der Waals surface area contributed by atoms with Crippen LogP contribution in [0.1, 0.15) is 56.0 Å². The molecule has 0 radical (unpaired) electrons. The first kappa shape index (κ1) is 32.5. The summed E-state index contributed by atoms with van der Waals surface area (Å²) in [5, 5.41) is 0. The lowest BCUT2D eigenvalue weighted by atomic mass is 9.95. The lowest BCUT2D eigenvalue weighted by Crippen LogP contribution is -2.15. The van der Waals surface area contributed by atoms with E-state index < -0.39 is 17.5 Å². The van der Waals surface area contributed by atoms with Crippen molar-refractivity contribution >= 4 is 11.6 Å². The smallest absolute Gasteiger partial charge is 0.416 e. The molecule has 0 bridgehead atoms. The Morgan fingerprint density at radius 3 is 2.30 bits per heavy atom. The predicted octanol–water partition coefficient (Wildman–Crippen LogP) is 6.50. The van der Waals surface area contributed by atoms with Gasteiger partial charge in [0, 0.05) is 43.5 Å². The van der Waals surface area contributed by atoms with Gasteiger partial charge in [-0.15, -0.1) is 0 Å². The zero-order valence-corrected chi connectivity index (χ0v) is 25.2. The van der Waals surface area contributed by atoms with E-state index in [0.717, 1.165) is 53.2 Å². The van der Waals surface area contributed by atoms with Crippen LogP contribution in [-0.4, -0.2) is 53.7 Å².